The molecule has 112 valence electrons. The van der Waals surface area contributed by atoms with Crippen LogP contribution in [0.15, 0.2) is 0 Å². The monoisotopic (exact) mass is 276 g/mol. The number of hydrogen-bond acceptors (Lipinski definition) is 6. The van der Waals surface area contributed by atoms with Crippen molar-refractivity contribution in [1.29, 1.82) is 0 Å². The molecule has 2 aliphatic heterocycles. The van der Waals surface area contributed by atoms with E-state index in [0.717, 1.165) is 12.8 Å². The minimum absolute atomic E-state index is 0.363. The first-order chi connectivity index (χ1) is 8.98. The van der Waals surface area contributed by atoms with Crippen LogP contribution < -0.4 is 0 Å². The molecule has 0 radical (unpaired) electrons. The Morgan fingerprint density at radius 1 is 1.32 bits per heavy atom. The second kappa shape index (κ2) is 6.03. The standard InChI is InChI=1S/C13H24O6/c1-4-5-6-16-10-9(8(15)7-14)17-12-11(10)18-13(2,3)19-12/h8-12,14-15H,4-7H2,1-3H3/t8-,9+,10-,11-,12+/m0/s1. The maximum Gasteiger partial charge on any atom is 0.190 e. The molecular formula is C13H24O6. The van der Waals surface area contributed by atoms with Gasteiger partial charge in [-0.3, -0.25) is 0 Å². The Morgan fingerprint density at radius 3 is 2.68 bits per heavy atom. The number of hydrogen-bond donors (Lipinski definition) is 2. The molecule has 0 aliphatic carbocycles. The highest BCUT2D eigenvalue weighted by Gasteiger charge is 2.56. The van der Waals surface area contributed by atoms with Gasteiger partial charge in [-0.1, -0.05) is 13.3 Å². The normalized spacial score (nSPS) is 38.4. The average Bonchev–Trinajstić information content (AvgIpc) is 2.82. The van der Waals surface area contributed by atoms with E-state index >= 15 is 0 Å². The minimum Gasteiger partial charge on any atom is -0.394 e. The van der Waals surface area contributed by atoms with E-state index in [4.69, 9.17) is 24.1 Å². The maximum absolute atomic E-state index is 9.80. The van der Waals surface area contributed by atoms with Gasteiger partial charge in [-0.25, -0.2) is 0 Å². The summed E-state index contributed by atoms with van der Waals surface area (Å²) in [4.78, 5) is 0. The minimum atomic E-state index is -0.993. The molecule has 0 bridgehead atoms. The van der Waals surface area contributed by atoms with Crippen molar-refractivity contribution < 1.29 is 29.2 Å². The predicted molar refractivity (Wildman–Crippen MR) is 66.4 cm³/mol. The van der Waals surface area contributed by atoms with Gasteiger partial charge in [0.05, 0.1) is 6.61 Å². The maximum atomic E-state index is 9.80. The van der Waals surface area contributed by atoms with Crippen LogP contribution in [0.5, 0.6) is 0 Å². The van der Waals surface area contributed by atoms with Crippen molar-refractivity contribution in [3.05, 3.63) is 0 Å². The van der Waals surface area contributed by atoms with Crippen LogP contribution in [0.2, 0.25) is 0 Å². The molecule has 0 amide bonds. The molecule has 19 heavy (non-hydrogen) atoms. The molecule has 6 heteroatoms. The fourth-order valence-corrected chi connectivity index (χ4v) is 2.47. The number of aliphatic hydroxyl groups is 2. The van der Waals surface area contributed by atoms with Crippen molar-refractivity contribution in [2.24, 2.45) is 0 Å². The third-order valence-electron chi connectivity index (χ3n) is 3.40. The Morgan fingerprint density at radius 2 is 2.05 bits per heavy atom. The van der Waals surface area contributed by atoms with Crippen molar-refractivity contribution in [3.63, 3.8) is 0 Å². The summed E-state index contributed by atoms with van der Waals surface area (Å²) < 4.78 is 22.8. The summed E-state index contributed by atoms with van der Waals surface area (Å²) in [6, 6.07) is 0. The zero-order valence-electron chi connectivity index (χ0n) is 11.7. The largest absolute Gasteiger partial charge is 0.394 e. The fourth-order valence-electron chi connectivity index (χ4n) is 2.47. The molecule has 0 aromatic heterocycles. The van der Waals surface area contributed by atoms with Crippen molar-refractivity contribution in [2.45, 2.75) is 70.1 Å². The Hall–Kier alpha value is -0.240. The van der Waals surface area contributed by atoms with Crippen LogP contribution in [0.25, 0.3) is 0 Å². The van der Waals surface area contributed by atoms with Crippen LogP contribution in [0, 0.1) is 0 Å². The molecule has 2 saturated heterocycles. The van der Waals surface area contributed by atoms with Crippen LogP contribution in [0.4, 0.5) is 0 Å². The van der Waals surface area contributed by atoms with Crippen molar-refractivity contribution in [2.75, 3.05) is 13.2 Å². The van der Waals surface area contributed by atoms with Gasteiger partial charge < -0.3 is 29.2 Å². The summed E-state index contributed by atoms with van der Waals surface area (Å²) >= 11 is 0. The molecule has 0 aromatic carbocycles. The number of unbranched alkanes of at least 4 members (excludes halogenated alkanes) is 1. The molecule has 2 heterocycles. The van der Waals surface area contributed by atoms with Gasteiger partial charge in [-0.05, 0) is 20.3 Å². The lowest BCUT2D eigenvalue weighted by Gasteiger charge is -2.27. The lowest BCUT2D eigenvalue weighted by Crippen LogP contribution is -2.44. The van der Waals surface area contributed by atoms with Crippen LogP contribution in [-0.4, -0.2) is 59.9 Å². The molecule has 2 rings (SSSR count). The lowest BCUT2D eigenvalue weighted by molar-refractivity contribution is -0.231. The van der Waals surface area contributed by atoms with Gasteiger partial charge >= 0.3 is 0 Å². The van der Waals surface area contributed by atoms with E-state index in [1.807, 2.05) is 13.8 Å². The van der Waals surface area contributed by atoms with Gasteiger partial charge in [0.25, 0.3) is 0 Å². The number of rotatable bonds is 6. The second-order valence-corrected chi connectivity index (χ2v) is 5.51. The first kappa shape index (κ1) is 15.2. The number of fused-ring (bicyclic) bond motifs is 1. The summed E-state index contributed by atoms with van der Waals surface area (Å²) in [5.41, 5.74) is 0. The van der Waals surface area contributed by atoms with Gasteiger partial charge in [-0.2, -0.15) is 0 Å². The quantitative estimate of drug-likeness (QED) is 0.684. The van der Waals surface area contributed by atoms with Crippen LogP contribution in [0.3, 0.4) is 0 Å². The third-order valence-corrected chi connectivity index (χ3v) is 3.40. The Bertz CT molecular complexity index is 295. The Labute approximate surface area is 113 Å². The highest BCUT2D eigenvalue weighted by Crippen LogP contribution is 2.39. The van der Waals surface area contributed by atoms with E-state index < -0.39 is 30.4 Å². The van der Waals surface area contributed by atoms with E-state index in [1.54, 1.807) is 0 Å². The third kappa shape index (κ3) is 3.26. The van der Waals surface area contributed by atoms with Gasteiger partial charge in [-0.15, -0.1) is 0 Å². The summed E-state index contributed by atoms with van der Waals surface area (Å²) in [6.45, 7) is 5.91. The van der Waals surface area contributed by atoms with E-state index in [9.17, 15) is 5.11 Å². The molecule has 0 unspecified atom stereocenters. The zero-order valence-corrected chi connectivity index (χ0v) is 11.7. The molecule has 2 fully saturated rings. The van der Waals surface area contributed by atoms with E-state index in [2.05, 4.69) is 6.92 Å². The summed E-state index contributed by atoms with van der Waals surface area (Å²) in [5, 5.41) is 18.9. The molecule has 0 aromatic rings. The highest BCUT2D eigenvalue weighted by molar-refractivity contribution is 4.96. The fraction of sp³-hybridized carbons (Fsp3) is 1.00. The molecule has 0 saturated carbocycles. The first-order valence-corrected chi connectivity index (χ1v) is 6.90. The van der Waals surface area contributed by atoms with E-state index in [0.29, 0.717) is 6.61 Å². The van der Waals surface area contributed by atoms with E-state index in [-0.39, 0.29) is 12.7 Å². The first-order valence-electron chi connectivity index (χ1n) is 6.90. The molecule has 5 atom stereocenters. The van der Waals surface area contributed by atoms with Crippen LogP contribution in [0.1, 0.15) is 33.6 Å². The van der Waals surface area contributed by atoms with E-state index in [1.165, 1.54) is 0 Å². The summed E-state index contributed by atoms with van der Waals surface area (Å²) in [5.74, 6) is -0.711. The second-order valence-electron chi connectivity index (χ2n) is 5.51. The number of ether oxygens (including phenoxy) is 4. The Kier molecular flexibility index (Phi) is 4.81. The van der Waals surface area contributed by atoms with Crippen LogP contribution >= 0.6 is 0 Å². The Balaban J connectivity index is 2.02. The van der Waals surface area contributed by atoms with Gasteiger partial charge in [0.1, 0.15) is 24.4 Å². The molecule has 2 N–H and O–H groups in total. The molecule has 2 aliphatic rings. The van der Waals surface area contributed by atoms with Gasteiger partial charge in [0.2, 0.25) is 0 Å². The SMILES string of the molecule is CCCCO[C@@H]1[C@@H]2OC(C)(C)O[C@H]2O[C@@H]1[C@@H](O)CO. The molecule has 6 nitrogen and oxygen atoms in total. The van der Waals surface area contributed by atoms with Crippen LogP contribution in [-0.2, 0) is 18.9 Å². The number of aliphatic hydroxyl groups excluding tert-OH is 2. The smallest absolute Gasteiger partial charge is 0.190 e. The molecule has 0 spiro atoms. The van der Waals surface area contributed by atoms with Gasteiger partial charge in [0.15, 0.2) is 12.1 Å². The summed E-state index contributed by atoms with van der Waals surface area (Å²) in [7, 11) is 0. The van der Waals surface area contributed by atoms with Crippen molar-refractivity contribution >= 4 is 0 Å². The predicted octanol–water partition coefficient (Wildman–Crippen LogP) is 0.401. The summed E-state index contributed by atoms with van der Waals surface area (Å²) in [6.07, 6.45) is -0.982. The van der Waals surface area contributed by atoms with Crippen molar-refractivity contribution in [3.8, 4) is 0 Å². The topological polar surface area (TPSA) is 77.4 Å². The van der Waals surface area contributed by atoms with Crippen molar-refractivity contribution in [1.82, 2.24) is 0 Å². The highest BCUT2D eigenvalue weighted by atomic mass is 16.8. The zero-order chi connectivity index (χ0) is 14.0. The molecular weight excluding hydrogens is 252 g/mol. The average molecular weight is 276 g/mol. The van der Waals surface area contributed by atoms with Gasteiger partial charge in [0, 0.05) is 6.61 Å². The lowest BCUT2D eigenvalue weighted by atomic mass is 10.1.